The smallest absolute Gasteiger partial charge is 0.321 e. The minimum Gasteiger partial charge on any atom is -0.337 e. The number of aryl methyl sites for hydroxylation is 1. The zero-order valence-corrected chi connectivity index (χ0v) is 17.1. The lowest BCUT2D eigenvalue weighted by Crippen LogP contribution is -2.48. The fourth-order valence-corrected chi connectivity index (χ4v) is 3.79. The molecule has 1 aliphatic heterocycles. The van der Waals surface area contributed by atoms with E-state index in [2.05, 4.69) is 20.4 Å². The number of anilines is 1. The van der Waals surface area contributed by atoms with Gasteiger partial charge in [-0.15, -0.1) is 0 Å². The molecular weight excluding hydrogens is 399 g/mol. The molecule has 3 heterocycles. The molecule has 1 aliphatic rings. The van der Waals surface area contributed by atoms with E-state index < -0.39 is 6.04 Å². The Bertz CT molecular complexity index is 1010. The first-order chi connectivity index (χ1) is 15.1. The van der Waals surface area contributed by atoms with Crippen LogP contribution in [0, 0.1) is 5.82 Å². The van der Waals surface area contributed by atoms with E-state index in [0.29, 0.717) is 43.0 Å². The molecule has 3 N–H and O–H groups in total. The van der Waals surface area contributed by atoms with Gasteiger partial charge in [-0.25, -0.2) is 4.39 Å². The number of amides is 1. The van der Waals surface area contributed by atoms with E-state index in [1.54, 1.807) is 35.4 Å². The summed E-state index contributed by atoms with van der Waals surface area (Å²) >= 11 is 0. The van der Waals surface area contributed by atoms with Gasteiger partial charge in [0.1, 0.15) is 11.5 Å². The average Bonchev–Trinajstić information content (AvgIpc) is 3.46. The van der Waals surface area contributed by atoms with Crippen molar-refractivity contribution in [3.05, 3.63) is 60.0 Å². The molecule has 1 amide bonds. The summed E-state index contributed by atoms with van der Waals surface area (Å²) in [4.78, 5) is 23.2. The Hall–Kier alpha value is -3.33. The molecule has 162 valence electrons. The van der Waals surface area contributed by atoms with Crippen molar-refractivity contribution < 1.29 is 13.7 Å². The summed E-state index contributed by atoms with van der Waals surface area (Å²) in [7, 11) is 0. The fourth-order valence-electron chi connectivity index (χ4n) is 3.79. The van der Waals surface area contributed by atoms with E-state index in [9.17, 15) is 9.18 Å². The molecule has 1 saturated heterocycles. The topological polar surface area (TPSA) is 110 Å². The number of benzene rings is 1. The van der Waals surface area contributed by atoms with E-state index in [0.717, 1.165) is 12.8 Å². The number of hydrogen-bond acceptors (Lipinski definition) is 7. The Morgan fingerprint density at radius 3 is 2.94 bits per heavy atom. The molecule has 0 radical (unpaired) electrons. The predicted molar refractivity (Wildman–Crippen MR) is 113 cm³/mol. The van der Waals surface area contributed by atoms with Crippen LogP contribution in [-0.2, 0) is 11.2 Å². The first-order valence-corrected chi connectivity index (χ1v) is 10.4. The van der Waals surface area contributed by atoms with Gasteiger partial charge in [0.2, 0.25) is 11.7 Å². The number of halogens is 1. The van der Waals surface area contributed by atoms with Crippen LogP contribution < -0.4 is 11.1 Å². The Morgan fingerprint density at radius 2 is 2.13 bits per heavy atom. The summed E-state index contributed by atoms with van der Waals surface area (Å²) in [5.41, 5.74) is 7.35. The maximum atomic E-state index is 13.8. The average molecular weight is 424 g/mol. The molecule has 9 heteroatoms. The standard InChI is InChI=1S/C22H25FN6O2/c23-17-8-2-1-6-15(17)10-11-18(24)21(30)29-13-5-7-16(29)14-26-22-27-20(28-31-22)19-9-3-4-12-25-19/h1-4,6,8-9,12,16,18H,5,7,10-11,13-14,24H2,(H,26,27,28)/t16-,18+/m0/s1. The zero-order chi connectivity index (χ0) is 21.6. The lowest BCUT2D eigenvalue weighted by molar-refractivity contribution is -0.133. The van der Waals surface area contributed by atoms with Gasteiger partial charge >= 0.3 is 6.01 Å². The summed E-state index contributed by atoms with van der Waals surface area (Å²) in [5, 5.41) is 7.05. The fraction of sp³-hybridized carbons (Fsp3) is 0.364. The van der Waals surface area contributed by atoms with Gasteiger partial charge in [0.25, 0.3) is 0 Å². The zero-order valence-electron chi connectivity index (χ0n) is 17.1. The maximum absolute atomic E-state index is 13.8. The lowest BCUT2D eigenvalue weighted by Gasteiger charge is -2.27. The number of aromatic nitrogens is 3. The monoisotopic (exact) mass is 424 g/mol. The van der Waals surface area contributed by atoms with Crippen LogP contribution in [0.1, 0.15) is 24.8 Å². The van der Waals surface area contributed by atoms with Gasteiger partial charge in [-0.3, -0.25) is 9.78 Å². The van der Waals surface area contributed by atoms with Crippen LogP contribution in [-0.4, -0.2) is 51.1 Å². The lowest BCUT2D eigenvalue weighted by atomic mass is 10.0. The molecule has 1 fully saturated rings. The number of nitrogens with two attached hydrogens (primary N) is 1. The Balaban J connectivity index is 1.31. The van der Waals surface area contributed by atoms with Gasteiger partial charge in [-0.05, 0) is 49.4 Å². The Kier molecular flexibility index (Phi) is 6.51. The van der Waals surface area contributed by atoms with Crippen molar-refractivity contribution in [1.82, 2.24) is 20.0 Å². The van der Waals surface area contributed by atoms with Crippen LogP contribution in [0.15, 0.2) is 53.2 Å². The summed E-state index contributed by atoms with van der Waals surface area (Å²) in [6.07, 6.45) is 4.25. The molecule has 0 bridgehead atoms. The van der Waals surface area contributed by atoms with Gasteiger partial charge in [0.05, 0.1) is 6.04 Å². The number of likely N-dealkylation sites (tertiary alicyclic amines) is 1. The number of pyridine rings is 1. The first kappa shape index (κ1) is 20.9. The molecule has 2 aromatic heterocycles. The van der Waals surface area contributed by atoms with Gasteiger partial charge < -0.3 is 20.5 Å². The number of rotatable bonds is 8. The second-order valence-electron chi connectivity index (χ2n) is 7.58. The van der Waals surface area contributed by atoms with Crippen LogP contribution in [0.25, 0.3) is 11.5 Å². The van der Waals surface area contributed by atoms with Crippen molar-refractivity contribution in [2.75, 3.05) is 18.4 Å². The summed E-state index contributed by atoms with van der Waals surface area (Å²) in [6.45, 7) is 1.14. The SMILES string of the molecule is N[C@H](CCc1ccccc1F)C(=O)N1CCC[C@H]1CNc1nc(-c2ccccn2)no1. The summed E-state index contributed by atoms with van der Waals surface area (Å²) < 4.78 is 19.1. The highest BCUT2D eigenvalue weighted by Crippen LogP contribution is 2.21. The third-order valence-corrected chi connectivity index (χ3v) is 5.47. The second-order valence-corrected chi connectivity index (χ2v) is 7.58. The van der Waals surface area contributed by atoms with E-state index >= 15 is 0 Å². The van der Waals surface area contributed by atoms with E-state index in [1.807, 2.05) is 12.1 Å². The van der Waals surface area contributed by atoms with Crippen LogP contribution >= 0.6 is 0 Å². The summed E-state index contributed by atoms with van der Waals surface area (Å²) in [5.74, 6) is 0.0213. The molecule has 0 spiro atoms. The summed E-state index contributed by atoms with van der Waals surface area (Å²) in [6, 6.07) is 11.6. The number of carbonyl (C=O) groups excluding carboxylic acids is 1. The maximum Gasteiger partial charge on any atom is 0.321 e. The quantitative estimate of drug-likeness (QED) is 0.572. The molecule has 0 saturated carbocycles. The van der Waals surface area contributed by atoms with E-state index in [-0.39, 0.29) is 23.8 Å². The molecule has 31 heavy (non-hydrogen) atoms. The minimum absolute atomic E-state index is 0.0165. The van der Waals surface area contributed by atoms with E-state index in [4.69, 9.17) is 10.3 Å². The van der Waals surface area contributed by atoms with Crippen molar-refractivity contribution in [2.45, 2.75) is 37.8 Å². The van der Waals surface area contributed by atoms with Gasteiger partial charge in [-0.2, -0.15) is 4.98 Å². The van der Waals surface area contributed by atoms with Crippen LogP contribution in [0.4, 0.5) is 10.4 Å². The van der Waals surface area contributed by atoms with Gasteiger partial charge in [-0.1, -0.05) is 29.4 Å². The van der Waals surface area contributed by atoms with Crippen LogP contribution in [0.2, 0.25) is 0 Å². The van der Waals surface area contributed by atoms with E-state index in [1.165, 1.54) is 6.07 Å². The number of nitrogens with zero attached hydrogens (tertiary/aromatic N) is 4. The highest BCUT2D eigenvalue weighted by Gasteiger charge is 2.31. The number of nitrogens with one attached hydrogen (secondary N) is 1. The molecule has 0 unspecified atom stereocenters. The highest BCUT2D eigenvalue weighted by molar-refractivity contribution is 5.82. The molecule has 2 atom stereocenters. The van der Waals surface area contributed by atoms with Gasteiger partial charge in [0.15, 0.2) is 0 Å². The third kappa shape index (κ3) is 5.05. The van der Waals surface area contributed by atoms with Crippen molar-refractivity contribution in [2.24, 2.45) is 5.73 Å². The third-order valence-electron chi connectivity index (χ3n) is 5.47. The van der Waals surface area contributed by atoms with Crippen LogP contribution in [0.5, 0.6) is 0 Å². The predicted octanol–water partition coefficient (Wildman–Crippen LogP) is 2.63. The number of carbonyl (C=O) groups is 1. The Morgan fingerprint density at radius 1 is 1.29 bits per heavy atom. The van der Waals surface area contributed by atoms with Crippen molar-refractivity contribution >= 4 is 11.9 Å². The second kappa shape index (κ2) is 9.65. The normalized spacial score (nSPS) is 17.0. The molecule has 3 aromatic rings. The highest BCUT2D eigenvalue weighted by atomic mass is 19.1. The molecular formula is C22H25FN6O2. The van der Waals surface area contributed by atoms with Crippen molar-refractivity contribution in [1.29, 1.82) is 0 Å². The minimum atomic E-state index is -0.667. The molecule has 1 aromatic carbocycles. The first-order valence-electron chi connectivity index (χ1n) is 10.4. The molecule has 8 nitrogen and oxygen atoms in total. The molecule has 4 rings (SSSR count). The van der Waals surface area contributed by atoms with Crippen molar-refractivity contribution in [3.63, 3.8) is 0 Å². The Labute approximate surface area is 179 Å². The van der Waals surface area contributed by atoms with Crippen molar-refractivity contribution in [3.8, 4) is 11.5 Å². The van der Waals surface area contributed by atoms with Gasteiger partial charge in [0, 0.05) is 25.3 Å². The molecule has 0 aliphatic carbocycles. The largest absolute Gasteiger partial charge is 0.337 e. The van der Waals surface area contributed by atoms with Crippen LogP contribution in [0.3, 0.4) is 0 Å². The number of hydrogen-bond donors (Lipinski definition) is 2.